The van der Waals surface area contributed by atoms with Crippen molar-refractivity contribution < 1.29 is 17.9 Å². The normalized spacial score (nSPS) is 16.4. The number of sulfonamides is 1. The number of aliphatic imine (C=N–C) groups is 1. The molecule has 0 aromatic heterocycles. The van der Waals surface area contributed by atoms with E-state index in [1.165, 1.54) is 10.4 Å². The lowest BCUT2D eigenvalue weighted by Gasteiger charge is -2.25. The van der Waals surface area contributed by atoms with Gasteiger partial charge in [-0.05, 0) is 48.9 Å². The quantitative estimate of drug-likeness (QED) is 0.513. The zero-order valence-corrected chi connectivity index (χ0v) is 20.2. The van der Waals surface area contributed by atoms with Crippen LogP contribution in [0.3, 0.4) is 0 Å². The van der Waals surface area contributed by atoms with Crippen LogP contribution in [0, 0.1) is 0 Å². The molecule has 3 aromatic carbocycles. The molecule has 3 aromatic rings. The third kappa shape index (κ3) is 4.24. The van der Waals surface area contributed by atoms with Crippen LogP contribution in [0.25, 0.3) is 0 Å². The van der Waals surface area contributed by atoms with Crippen molar-refractivity contribution in [2.75, 3.05) is 33.3 Å². The maximum Gasteiger partial charge on any atom is 0.243 e. The monoisotopic (exact) mass is 497 g/mol. The van der Waals surface area contributed by atoms with Gasteiger partial charge in [0.2, 0.25) is 10.0 Å². The third-order valence-corrected chi connectivity index (χ3v) is 8.06. The molecule has 1 fully saturated rings. The van der Waals surface area contributed by atoms with E-state index in [4.69, 9.17) is 26.1 Å². The second-order valence-corrected chi connectivity index (χ2v) is 10.4. The number of benzene rings is 3. The first-order chi connectivity index (χ1) is 16.5. The summed E-state index contributed by atoms with van der Waals surface area (Å²) < 4.78 is 39.8. The second kappa shape index (κ2) is 9.29. The average Bonchev–Trinajstić information content (AvgIpc) is 3.19. The van der Waals surface area contributed by atoms with Crippen molar-refractivity contribution in [2.45, 2.75) is 11.3 Å². The van der Waals surface area contributed by atoms with Crippen molar-refractivity contribution in [1.82, 2.24) is 9.21 Å². The van der Waals surface area contributed by atoms with Crippen LogP contribution >= 0.6 is 11.6 Å². The van der Waals surface area contributed by atoms with E-state index in [1.54, 1.807) is 25.3 Å². The number of nitrogens with zero attached hydrogens (tertiary/aromatic N) is 3. The Hall–Kier alpha value is -3.07. The number of hydrogen-bond donors (Lipinski definition) is 0. The van der Waals surface area contributed by atoms with Crippen molar-refractivity contribution >= 4 is 33.1 Å². The molecule has 0 radical (unpaired) electrons. The standard InChI is InChI=1S/C25H24ClN3O4S/c1-32-23-12-5-9-20-24(23)33-22-11-3-2-10-21(22)27-25(20)28-13-6-14-29(16-15-28)34(30,31)19-8-4-7-18(26)17-19/h2-5,7-12,17H,6,13-16H2,1H3. The molecule has 2 heterocycles. The van der Waals surface area contributed by atoms with Gasteiger partial charge < -0.3 is 14.4 Å². The lowest BCUT2D eigenvalue weighted by Crippen LogP contribution is -2.37. The first-order valence-corrected chi connectivity index (χ1v) is 12.8. The molecule has 0 unspecified atom stereocenters. The summed E-state index contributed by atoms with van der Waals surface area (Å²) in [6, 6.07) is 19.7. The number of para-hydroxylation sites is 3. The van der Waals surface area contributed by atoms with Crippen molar-refractivity contribution in [2.24, 2.45) is 4.99 Å². The van der Waals surface area contributed by atoms with E-state index in [1.807, 2.05) is 42.5 Å². The molecule has 5 rings (SSSR count). The van der Waals surface area contributed by atoms with Crippen LogP contribution in [0.2, 0.25) is 5.02 Å². The van der Waals surface area contributed by atoms with Gasteiger partial charge in [-0.1, -0.05) is 35.9 Å². The fraction of sp³-hybridized carbons (Fsp3) is 0.240. The zero-order chi connectivity index (χ0) is 23.7. The molecule has 0 amide bonds. The molecule has 7 nitrogen and oxygen atoms in total. The van der Waals surface area contributed by atoms with Gasteiger partial charge in [0, 0.05) is 31.2 Å². The maximum atomic E-state index is 13.3. The van der Waals surface area contributed by atoms with Crippen LogP contribution in [0.5, 0.6) is 17.2 Å². The minimum atomic E-state index is -3.65. The van der Waals surface area contributed by atoms with Crippen LogP contribution in [0.15, 0.2) is 76.6 Å². The molecule has 0 atom stereocenters. The number of halogens is 1. The molecule has 2 aliphatic rings. The molecule has 9 heteroatoms. The fourth-order valence-corrected chi connectivity index (χ4v) is 6.01. The molecule has 0 aliphatic carbocycles. The first-order valence-electron chi connectivity index (χ1n) is 11.0. The Balaban J connectivity index is 1.49. The summed E-state index contributed by atoms with van der Waals surface area (Å²) in [5, 5.41) is 0.398. The summed E-state index contributed by atoms with van der Waals surface area (Å²) in [5.41, 5.74) is 1.52. The van der Waals surface area contributed by atoms with Gasteiger partial charge in [-0.15, -0.1) is 0 Å². The Morgan fingerprint density at radius 2 is 1.79 bits per heavy atom. The number of hydrogen-bond acceptors (Lipinski definition) is 6. The van der Waals surface area contributed by atoms with Gasteiger partial charge in [0.15, 0.2) is 17.2 Å². The zero-order valence-electron chi connectivity index (χ0n) is 18.6. The molecular formula is C25H24ClN3O4S. The SMILES string of the molecule is COc1cccc2c1Oc1ccccc1N=C2N1CCCN(S(=O)(=O)c2cccc(Cl)c2)CC1. The van der Waals surface area contributed by atoms with Crippen LogP contribution in [-0.2, 0) is 10.0 Å². The van der Waals surface area contributed by atoms with E-state index in [-0.39, 0.29) is 4.90 Å². The fourth-order valence-electron chi connectivity index (χ4n) is 4.24. The lowest BCUT2D eigenvalue weighted by atomic mass is 10.1. The van der Waals surface area contributed by atoms with E-state index in [2.05, 4.69) is 4.90 Å². The number of rotatable bonds is 3. The minimum Gasteiger partial charge on any atom is -0.493 e. The van der Waals surface area contributed by atoms with Crippen molar-refractivity contribution in [3.05, 3.63) is 77.3 Å². The van der Waals surface area contributed by atoms with E-state index in [9.17, 15) is 8.42 Å². The average molecular weight is 498 g/mol. The Morgan fingerprint density at radius 1 is 0.971 bits per heavy atom. The molecule has 34 heavy (non-hydrogen) atoms. The van der Waals surface area contributed by atoms with E-state index >= 15 is 0 Å². The van der Waals surface area contributed by atoms with Crippen molar-refractivity contribution in [3.63, 3.8) is 0 Å². The summed E-state index contributed by atoms with van der Waals surface area (Å²) in [7, 11) is -2.04. The topological polar surface area (TPSA) is 71.4 Å². The summed E-state index contributed by atoms with van der Waals surface area (Å²) in [6.45, 7) is 1.88. The van der Waals surface area contributed by atoms with Gasteiger partial charge in [-0.2, -0.15) is 4.31 Å². The second-order valence-electron chi connectivity index (χ2n) is 8.04. The highest BCUT2D eigenvalue weighted by Gasteiger charge is 2.30. The summed E-state index contributed by atoms with van der Waals surface area (Å²) >= 11 is 6.05. The number of amidine groups is 1. The van der Waals surface area contributed by atoms with Gasteiger partial charge in [-0.3, -0.25) is 0 Å². The summed E-state index contributed by atoms with van der Waals surface area (Å²) in [6.07, 6.45) is 0.653. The van der Waals surface area contributed by atoms with E-state index in [0.717, 1.165) is 11.4 Å². The van der Waals surface area contributed by atoms with Crippen LogP contribution in [0.4, 0.5) is 5.69 Å². The maximum absolute atomic E-state index is 13.3. The predicted octanol–water partition coefficient (Wildman–Crippen LogP) is 4.93. The number of methoxy groups -OCH3 is 1. The van der Waals surface area contributed by atoms with Crippen LogP contribution < -0.4 is 9.47 Å². The minimum absolute atomic E-state index is 0.206. The molecule has 0 bridgehead atoms. The highest BCUT2D eigenvalue weighted by Crippen LogP contribution is 2.42. The van der Waals surface area contributed by atoms with Crippen LogP contribution in [0.1, 0.15) is 12.0 Å². The molecule has 0 N–H and O–H groups in total. The molecule has 0 spiro atoms. The Bertz CT molecular complexity index is 1360. The molecule has 1 saturated heterocycles. The highest BCUT2D eigenvalue weighted by molar-refractivity contribution is 7.89. The van der Waals surface area contributed by atoms with Crippen molar-refractivity contribution in [1.29, 1.82) is 0 Å². The third-order valence-electron chi connectivity index (χ3n) is 5.93. The molecule has 0 saturated carbocycles. The number of ether oxygens (including phenoxy) is 2. The van der Waals surface area contributed by atoms with Crippen molar-refractivity contribution in [3.8, 4) is 17.2 Å². The Labute approximate surface area is 204 Å². The summed E-state index contributed by atoms with van der Waals surface area (Å²) in [5.74, 6) is 2.59. The van der Waals surface area contributed by atoms with Gasteiger partial charge in [0.1, 0.15) is 11.5 Å². The summed E-state index contributed by atoms with van der Waals surface area (Å²) in [4.78, 5) is 7.28. The Morgan fingerprint density at radius 3 is 2.62 bits per heavy atom. The molecule has 176 valence electrons. The smallest absolute Gasteiger partial charge is 0.243 e. The van der Waals surface area contributed by atoms with Gasteiger partial charge in [0.25, 0.3) is 0 Å². The van der Waals surface area contributed by atoms with Gasteiger partial charge in [0.05, 0.1) is 17.6 Å². The molecule has 2 aliphatic heterocycles. The van der Waals surface area contributed by atoms with Gasteiger partial charge >= 0.3 is 0 Å². The largest absolute Gasteiger partial charge is 0.493 e. The van der Waals surface area contributed by atoms with Crippen LogP contribution in [-0.4, -0.2) is 56.7 Å². The highest BCUT2D eigenvalue weighted by atomic mass is 35.5. The van der Waals surface area contributed by atoms with E-state index < -0.39 is 10.0 Å². The number of fused-ring (bicyclic) bond motifs is 2. The molecular weight excluding hydrogens is 474 g/mol. The first kappa shape index (κ1) is 22.7. The lowest BCUT2D eigenvalue weighted by molar-refractivity contribution is 0.378. The van der Waals surface area contributed by atoms with E-state index in [0.29, 0.717) is 60.6 Å². The Kier molecular flexibility index (Phi) is 6.20. The predicted molar refractivity (Wildman–Crippen MR) is 132 cm³/mol. The van der Waals surface area contributed by atoms with Gasteiger partial charge in [-0.25, -0.2) is 13.4 Å².